The van der Waals surface area contributed by atoms with Crippen LogP contribution in [0.2, 0.25) is 0 Å². The highest BCUT2D eigenvalue weighted by atomic mass is 32.2. The number of ether oxygens (including phenoxy) is 3. The number of benzene rings is 3. The lowest BCUT2D eigenvalue weighted by molar-refractivity contribution is 0.324. The monoisotopic (exact) mass is 399 g/mol. The zero-order valence-electron chi connectivity index (χ0n) is 15.8. The fourth-order valence-electron chi connectivity index (χ4n) is 3.05. The molecule has 0 radical (unpaired) electrons. The fraction of sp³-hybridized carbons (Fsp3) is 0.143. The second-order valence-electron chi connectivity index (χ2n) is 6.03. The van der Waals surface area contributed by atoms with Gasteiger partial charge in [0.15, 0.2) is 11.5 Å². The molecule has 0 spiro atoms. The van der Waals surface area contributed by atoms with Crippen LogP contribution in [0.1, 0.15) is 0 Å². The Morgan fingerprint density at radius 1 is 0.714 bits per heavy atom. The molecule has 3 rings (SSSR count). The minimum absolute atomic E-state index is 0.0708. The molecule has 0 saturated carbocycles. The molecule has 7 heteroatoms. The van der Waals surface area contributed by atoms with E-state index in [1.165, 1.54) is 12.1 Å². The molecule has 6 nitrogen and oxygen atoms in total. The first kappa shape index (κ1) is 19.7. The molecule has 0 heterocycles. The van der Waals surface area contributed by atoms with E-state index in [0.717, 1.165) is 22.3 Å². The smallest absolute Gasteiger partial charge is 0.238 e. The first-order chi connectivity index (χ1) is 13.4. The van der Waals surface area contributed by atoms with Crippen molar-refractivity contribution in [2.24, 2.45) is 5.14 Å². The van der Waals surface area contributed by atoms with E-state index < -0.39 is 10.0 Å². The molecule has 0 atom stereocenters. The molecule has 0 amide bonds. The maximum atomic E-state index is 11.5. The van der Waals surface area contributed by atoms with Crippen LogP contribution in [0, 0.1) is 0 Å². The van der Waals surface area contributed by atoms with E-state index in [1.54, 1.807) is 33.5 Å². The maximum Gasteiger partial charge on any atom is 0.238 e. The van der Waals surface area contributed by atoms with Gasteiger partial charge in [-0.2, -0.15) is 0 Å². The molecule has 0 aliphatic carbocycles. The van der Waals surface area contributed by atoms with Gasteiger partial charge in [-0.25, -0.2) is 13.6 Å². The Bertz CT molecular complexity index is 1070. The minimum Gasteiger partial charge on any atom is -0.493 e. The molecule has 0 aromatic heterocycles. The van der Waals surface area contributed by atoms with Crippen molar-refractivity contribution in [2.75, 3.05) is 21.3 Å². The summed E-state index contributed by atoms with van der Waals surface area (Å²) in [6.07, 6.45) is 0. The van der Waals surface area contributed by atoms with Crippen molar-refractivity contribution in [1.29, 1.82) is 0 Å². The Morgan fingerprint density at radius 2 is 1.21 bits per heavy atom. The molecule has 28 heavy (non-hydrogen) atoms. The number of nitrogens with two attached hydrogens (primary N) is 1. The third-order valence-electron chi connectivity index (χ3n) is 4.40. The van der Waals surface area contributed by atoms with Crippen LogP contribution in [0.15, 0.2) is 65.6 Å². The summed E-state index contributed by atoms with van der Waals surface area (Å²) in [6, 6.07) is 18.0. The van der Waals surface area contributed by atoms with Gasteiger partial charge >= 0.3 is 0 Å². The largest absolute Gasteiger partial charge is 0.493 e. The zero-order valence-corrected chi connectivity index (χ0v) is 16.6. The highest BCUT2D eigenvalue weighted by Gasteiger charge is 2.16. The SMILES string of the molecule is COc1cc(-c2ccccc2-c2ccc(S(N)(=O)=O)cc2)cc(OC)c1OC. The average Bonchev–Trinajstić information content (AvgIpc) is 2.72. The van der Waals surface area contributed by atoms with Gasteiger partial charge in [0.2, 0.25) is 15.8 Å². The van der Waals surface area contributed by atoms with Gasteiger partial charge in [-0.05, 0) is 46.5 Å². The zero-order chi connectivity index (χ0) is 20.3. The Morgan fingerprint density at radius 3 is 1.64 bits per heavy atom. The predicted molar refractivity (Wildman–Crippen MR) is 108 cm³/mol. The quantitative estimate of drug-likeness (QED) is 0.683. The summed E-state index contributed by atoms with van der Waals surface area (Å²) < 4.78 is 39.3. The Labute approximate surface area is 164 Å². The van der Waals surface area contributed by atoms with E-state index in [0.29, 0.717) is 17.2 Å². The number of hydrogen-bond acceptors (Lipinski definition) is 5. The molecule has 146 valence electrons. The molecule has 3 aromatic rings. The van der Waals surface area contributed by atoms with Gasteiger partial charge in [0, 0.05) is 0 Å². The van der Waals surface area contributed by atoms with Crippen molar-refractivity contribution in [3.8, 4) is 39.5 Å². The second kappa shape index (κ2) is 7.92. The van der Waals surface area contributed by atoms with Crippen molar-refractivity contribution in [2.45, 2.75) is 4.90 Å². The van der Waals surface area contributed by atoms with Gasteiger partial charge in [-0.1, -0.05) is 36.4 Å². The first-order valence-corrected chi connectivity index (χ1v) is 9.96. The molecule has 0 saturated heterocycles. The highest BCUT2D eigenvalue weighted by molar-refractivity contribution is 7.89. The third-order valence-corrected chi connectivity index (χ3v) is 5.33. The van der Waals surface area contributed by atoms with Crippen LogP contribution in [0.4, 0.5) is 0 Å². The van der Waals surface area contributed by atoms with E-state index >= 15 is 0 Å². The van der Waals surface area contributed by atoms with Crippen LogP contribution in [0.25, 0.3) is 22.3 Å². The van der Waals surface area contributed by atoms with Crippen molar-refractivity contribution in [1.82, 2.24) is 0 Å². The molecule has 0 aliphatic rings. The van der Waals surface area contributed by atoms with Gasteiger partial charge in [0.25, 0.3) is 0 Å². The van der Waals surface area contributed by atoms with Gasteiger partial charge in [-0.15, -0.1) is 0 Å². The standard InChI is InChI=1S/C21H21NO5S/c1-25-19-12-15(13-20(26-2)21(19)27-3)18-7-5-4-6-17(18)14-8-10-16(11-9-14)28(22,23)24/h4-13H,1-3H3,(H2,22,23,24). The normalized spacial score (nSPS) is 11.1. The van der Waals surface area contributed by atoms with E-state index in [2.05, 4.69) is 0 Å². The molecule has 0 bridgehead atoms. The van der Waals surface area contributed by atoms with Crippen LogP contribution in [-0.4, -0.2) is 29.7 Å². The van der Waals surface area contributed by atoms with Crippen LogP contribution in [0.3, 0.4) is 0 Å². The molecule has 3 aromatic carbocycles. The summed E-state index contributed by atoms with van der Waals surface area (Å²) in [4.78, 5) is 0.0708. The van der Waals surface area contributed by atoms with E-state index in [9.17, 15) is 8.42 Å². The van der Waals surface area contributed by atoms with Crippen molar-refractivity contribution in [3.05, 3.63) is 60.7 Å². The lowest BCUT2D eigenvalue weighted by Crippen LogP contribution is -2.11. The summed E-state index contributed by atoms with van der Waals surface area (Å²) in [7, 11) is 0.957. The average molecular weight is 399 g/mol. The number of hydrogen-bond donors (Lipinski definition) is 1. The van der Waals surface area contributed by atoms with E-state index in [-0.39, 0.29) is 4.90 Å². The highest BCUT2D eigenvalue weighted by Crippen LogP contribution is 2.43. The predicted octanol–water partition coefficient (Wildman–Crippen LogP) is 3.69. The van der Waals surface area contributed by atoms with E-state index in [4.69, 9.17) is 19.3 Å². The number of rotatable bonds is 6. The van der Waals surface area contributed by atoms with Gasteiger partial charge in [-0.3, -0.25) is 0 Å². The molecular formula is C21H21NO5S. The van der Waals surface area contributed by atoms with Crippen molar-refractivity contribution < 1.29 is 22.6 Å². The Hall–Kier alpha value is -3.03. The minimum atomic E-state index is -3.74. The summed E-state index contributed by atoms with van der Waals surface area (Å²) in [5.74, 6) is 1.62. The Kier molecular flexibility index (Phi) is 5.58. The lowest BCUT2D eigenvalue weighted by Gasteiger charge is -2.16. The molecule has 0 fully saturated rings. The third kappa shape index (κ3) is 3.81. The molecular weight excluding hydrogens is 378 g/mol. The van der Waals surface area contributed by atoms with E-state index in [1.807, 2.05) is 36.4 Å². The number of primary sulfonamides is 1. The van der Waals surface area contributed by atoms with Crippen molar-refractivity contribution in [3.63, 3.8) is 0 Å². The number of methoxy groups -OCH3 is 3. The summed E-state index contributed by atoms with van der Waals surface area (Å²) in [5.41, 5.74) is 3.60. The van der Waals surface area contributed by atoms with Crippen LogP contribution >= 0.6 is 0 Å². The molecule has 0 aliphatic heterocycles. The first-order valence-electron chi connectivity index (χ1n) is 8.41. The van der Waals surface area contributed by atoms with Gasteiger partial charge < -0.3 is 14.2 Å². The summed E-state index contributed by atoms with van der Waals surface area (Å²) in [6.45, 7) is 0. The summed E-state index contributed by atoms with van der Waals surface area (Å²) >= 11 is 0. The Balaban J connectivity index is 2.16. The van der Waals surface area contributed by atoms with Gasteiger partial charge in [0.05, 0.1) is 26.2 Å². The van der Waals surface area contributed by atoms with Gasteiger partial charge in [0.1, 0.15) is 0 Å². The van der Waals surface area contributed by atoms with Crippen molar-refractivity contribution >= 4 is 10.0 Å². The molecule has 2 N–H and O–H groups in total. The molecule has 0 unspecified atom stereocenters. The second-order valence-corrected chi connectivity index (χ2v) is 7.59. The maximum absolute atomic E-state index is 11.5. The fourth-order valence-corrected chi connectivity index (χ4v) is 3.56. The van der Waals surface area contributed by atoms with Crippen LogP contribution in [-0.2, 0) is 10.0 Å². The summed E-state index contributed by atoms with van der Waals surface area (Å²) in [5, 5.41) is 5.19. The van der Waals surface area contributed by atoms with Crippen LogP contribution in [0.5, 0.6) is 17.2 Å². The lowest BCUT2D eigenvalue weighted by atomic mass is 9.94. The number of sulfonamides is 1. The van der Waals surface area contributed by atoms with Crippen LogP contribution < -0.4 is 19.3 Å². The topological polar surface area (TPSA) is 87.9 Å².